The van der Waals surface area contributed by atoms with Crippen molar-refractivity contribution in [3.8, 4) is 0 Å². The highest BCUT2D eigenvalue weighted by atomic mass is 31.1. The maximum absolute atomic E-state index is 4.88. The lowest BCUT2D eigenvalue weighted by Crippen LogP contribution is -2.38. The smallest absolute Gasteiger partial charge is 0.0444 e. The molecule has 0 spiro atoms. The van der Waals surface area contributed by atoms with E-state index in [-0.39, 0.29) is 0 Å². The van der Waals surface area contributed by atoms with Crippen LogP contribution in [0.3, 0.4) is 0 Å². The zero-order valence-corrected chi connectivity index (χ0v) is 17.6. The first-order chi connectivity index (χ1) is 13.6. The standard InChI is InChI=1S/C26H28NP/c1-26(2)18-19-17-22(26)24(23-15-9-10-16-27-23)25(19)28(20-11-5-3-6-12-20)21-13-7-4-8-14-21/h3-16,19,22,24-25H,17-18H2,1-2H3/t19?,22-,24+,25-/m0/s1. The van der Waals surface area contributed by atoms with Gasteiger partial charge in [0.25, 0.3) is 0 Å². The molecular formula is C26H28NP. The number of hydrogen-bond donors (Lipinski definition) is 0. The highest BCUT2D eigenvalue weighted by molar-refractivity contribution is 7.73. The molecule has 2 aliphatic carbocycles. The summed E-state index contributed by atoms with van der Waals surface area (Å²) in [7, 11) is -0.411. The molecular weight excluding hydrogens is 357 g/mol. The molecule has 2 fully saturated rings. The van der Waals surface area contributed by atoms with Crippen LogP contribution in [0.25, 0.3) is 0 Å². The molecule has 0 N–H and O–H groups in total. The van der Waals surface area contributed by atoms with Crippen LogP contribution in [0.15, 0.2) is 85.1 Å². The summed E-state index contributed by atoms with van der Waals surface area (Å²) in [6.45, 7) is 4.97. The van der Waals surface area contributed by atoms with Crippen molar-refractivity contribution in [1.82, 2.24) is 4.98 Å². The zero-order chi connectivity index (χ0) is 19.1. The summed E-state index contributed by atoms with van der Waals surface area (Å²) >= 11 is 0. The Bertz CT molecular complexity index is 883. The lowest BCUT2D eigenvalue weighted by molar-refractivity contribution is 0.192. The van der Waals surface area contributed by atoms with Gasteiger partial charge in [0.15, 0.2) is 0 Å². The van der Waals surface area contributed by atoms with Crippen LogP contribution in [-0.4, -0.2) is 10.6 Å². The van der Waals surface area contributed by atoms with Gasteiger partial charge in [0, 0.05) is 17.8 Å². The van der Waals surface area contributed by atoms with Crippen molar-refractivity contribution < 1.29 is 0 Å². The van der Waals surface area contributed by atoms with Gasteiger partial charge in [-0.25, -0.2) is 0 Å². The van der Waals surface area contributed by atoms with Gasteiger partial charge in [-0.05, 0) is 66.4 Å². The van der Waals surface area contributed by atoms with Crippen molar-refractivity contribution in [2.45, 2.75) is 38.3 Å². The van der Waals surface area contributed by atoms with E-state index in [1.807, 2.05) is 12.3 Å². The number of hydrogen-bond acceptors (Lipinski definition) is 1. The predicted molar refractivity (Wildman–Crippen MR) is 120 cm³/mol. The second kappa shape index (κ2) is 7.12. The summed E-state index contributed by atoms with van der Waals surface area (Å²) in [6.07, 6.45) is 4.69. The van der Waals surface area contributed by atoms with Crippen molar-refractivity contribution in [3.63, 3.8) is 0 Å². The Hall–Kier alpha value is -1.98. The van der Waals surface area contributed by atoms with E-state index in [0.717, 1.165) is 11.8 Å². The molecule has 2 saturated carbocycles. The fraction of sp³-hybridized carbons (Fsp3) is 0.346. The minimum absolute atomic E-state index is 0.411. The molecule has 142 valence electrons. The lowest BCUT2D eigenvalue weighted by Gasteiger charge is -2.44. The van der Waals surface area contributed by atoms with Gasteiger partial charge >= 0.3 is 0 Å². The van der Waals surface area contributed by atoms with Crippen LogP contribution in [0, 0.1) is 17.3 Å². The minimum Gasteiger partial charge on any atom is -0.261 e. The molecule has 2 aliphatic rings. The molecule has 0 aliphatic heterocycles. The Morgan fingerprint density at radius 3 is 2.00 bits per heavy atom. The van der Waals surface area contributed by atoms with E-state index in [2.05, 4.69) is 86.6 Å². The van der Waals surface area contributed by atoms with Crippen molar-refractivity contribution >= 4 is 18.5 Å². The molecule has 5 rings (SSSR count). The summed E-state index contributed by atoms with van der Waals surface area (Å²) in [5, 5.41) is 3.03. The number of benzene rings is 2. The van der Waals surface area contributed by atoms with E-state index in [1.54, 1.807) is 0 Å². The predicted octanol–water partition coefficient (Wildman–Crippen LogP) is 5.73. The van der Waals surface area contributed by atoms with E-state index in [4.69, 9.17) is 4.98 Å². The first kappa shape index (κ1) is 18.1. The molecule has 2 aromatic carbocycles. The third kappa shape index (κ3) is 3.01. The average molecular weight is 385 g/mol. The molecule has 0 radical (unpaired) electrons. The average Bonchev–Trinajstić information content (AvgIpc) is 3.24. The Morgan fingerprint density at radius 2 is 1.43 bits per heavy atom. The van der Waals surface area contributed by atoms with Crippen LogP contribution in [0.1, 0.15) is 38.3 Å². The van der Waals surface area contributed by atoms with Crippen molar-refractivity contribution in [2.75, 3.05) is 0 Å². The highest BCUT2D eigenvalue weighted by Gasteiger charge is 2.58. The van der Waals surface area contributed by atoms with Gasteiger partial charge in [-0.3, -0.25) is 4.98 Å². The summed E-state index contributed by atoms with van der Waals surface area (Å²) < 4.78 is 0. The van der Waals surface area contributed by atoms with Crippen LogP contribution in [0.4, 0.5) is 0 Å². The second-order valence-corrected chi connectivity index (χ2v) is 11.5. The molecule has 1 nitrogen and oxygen atoms in total. The summed E-state index contributed by atoms with van der Waals surface area (Å²) in [6, 6.07) is 29.0. The minimum atomic E-state index is -0.411. The van der Waals surface area contributed by atoms with Crippen molar-refractivity contribution in [3.05, 3.63) is 90.8 Å². The van der Waals surface area contributed by atoms with E-state index in [9.17, 15) is 0 Å². The fourth-order valence-corrected chi connectivity index (χ4v) is 9.28. The number of pyridine rings is 1. The first-order valence-corrected chi connectivity index (χ1v) is 11.9. The molecule has 28 heavy (non-hydrogen) atoms. The normalized spacial score (nSPS) is 28.0. The molecule has 0 saturated heterocycles. The van der Waals surface area contributed by atoms with Crippen LogP contribution in [0.5, 0.6) is 0 Å². The van der Waals surface area contributed by atoms with E-state index in [1.165, 1.54) is 29.1 Å². The summed E-state index contributed by atoms with van der Waals surface area (Å²) in [5.41, 5.74) is 2.40. The highest BCUT2D eigenvalue weighted by Crippen LogP contribution is 2.68. The monoisotopic (exact) mass is 385 g/mol. The molecule has 1 unspecified atom stereocenters. The van der Waals surface area contributed by atoms with E-state index in [0.29, 0.717) is 17.0 Å². The Morgan fingerprint density at radius 1 is 0.821 bits per heavy atom. The zero-order valence-electron chi connectivity index (χ0n) is 16.7. The quantitative estimate of drug-likeness (QED) is 0.523. The maximum atomic E-state index is 4.88. The lowest BCUT2D eigenvalue weighted by atomic mass is 9.69. The Labute approximate surface area is 170 Å². The number of nitrogens with zero attached hydrogens (tertiary/aromatic N) is 1. The molecule has 2 bridgehead atoms. The largest absolute Gasteiger partial charge is 0.261 e. The van der Waals surface area contributed by atoms with Gasteiger partial charge in [-0.15, -0.1) is 0 Å². The van der Waals surface area contributed by atoms with Gasteiger partial charge in [0.1, 0.15) is 0 Å². The number of aromatic nitrogens is 1. The Balaban J connectivity index is 1.65. The maximum Gasteiger partial charge on any atom is 0.0444 e. The van der Waals surface area contributed by atoms with Crippen LogP contribution in [-0.2, 0) is 0 Å². The van der Waals surface area contributed by atoms with Crippen LogP contribution >= 0.6 is 7.92 Å². The van der Waals surface area contributed by atoms with Crippen molar-refractivity contribution in [2.24, 2.45) is 17.3 Å². The molecule has 0 amide bonds. The second-order valence-electron chi connectivity index (χ2n) is 9.11. The third-order valence-electron chi connectivity index (χ3n) is 7.03. The third-order valence-corrected chi connectivity index (χ3v) is 10.1. The van der Waals surface area contributed by atoms with Gasteiger partial charge in [0.2, 0.25) is 0 Å². The molecule has 1 heterocycles. The molecule has 4 atom stereocenters. The van der Waals surface area contributed by atoms with Gasteiger partial charge in [0.05, 0.1) is 0 Å². The van der Waals surface area contributed by atoms with E-state index < -0.39 is 7.92 Å². The SMILES string of the molecule is CC1(C)CC2C[C@H]1[C@H](c1ccccn1)[C@H]2P(c1ccccc1)c1ccccc1. The van der Waals surface area contributed by atoms with Gasteiger partial charge in [-0.1, -0.05) is 80.6 Å². The first-order valence-electron chi connectivity index (χ1n) is 10.5. The van der Waals surface area contributed by atoms with Crippen LogP contribution < -0.4 is 10.6 Å². The van der Waals surface area contributed by atoms with Crippen LogP contribution in [0.2, 0.25) is 0 Å². The topological polar surface area (TPSA) is 12.9 Å². The number of fused-ring (bicyclic) bond motifs is 2. The van der Waals surface area contributed by atoms with Gasteiger partial charge in [-0.2, -0.15) is 0 Å². The van der Waals surface area contributed by atoms with Gasteiger partial charge < -0.3 is 0 Å². The summed E-state index contributed by atoms with van der Waals surface area (Å²) in [4.78, 5) is 4.88. The number of rotatable bonds is 4. The molecule has 3 aromatic rings. The Kier molecular flexibility index (Phi) is 4.60. The van der Waals surface area contributed by atoms with Crippen molar-refractivity contribution in [1.29, 1.82) is 0 Å². The van der Waals surface area contributed by atoms with E-state index >= 15 is 0 Å². The fourth-order valence-electron chi connectivity index (χ4n) is 5.98. The molecule has 2 heteroatoms. The molecule has 1 aromatic heterocycles. The summed E-state index contributed by atoms with van der Waals surface area (Å²) in [5.74, 6) is 2.08.